The third-order valence-corrected chi connectivity index (χ3v) is 4.51. The molecule has 0 aliphatic carbocycles. The van der Waals surface area contributed by atoms with E-state index in [0.717, 1.165) is 12.0 Å². The molecule has 0 spiro atoms. The molecule has 150 valence electrons. The fraction of sp³-hybridized carbons (Fsp3) is 0.684. The van der Waals surface area contributed by atoms with E-state index in [-0.39, 0.29) is 23.7 Å². The molecule has 2 heterocycles. The molecule has 7 nitrogen and oxygen atoms in total. The number of halogens is 1. The van der Waals surface area contributed by atoms with Crippen LogP contribution >= 0.6 is 11.6 Å². The van der Waals surface area contributed by atoms with E-state index in [1.807, 2.05) is 20.8 Å². The molecular formula is C19H28ClN3O4. The molecule has 0 saturated heterocycles. The highest BCUT2D eigenvalue weighted by molar-refractivity contribution is 6.28. The summed E-state index contributed by atoms with van der Waals surface area (Å²) < 4.78 is 5.40. The zero-order chi connectivity index (χ0) is 20.4. The number of hydrogen-bond donors (Lipinski definition) is 1. The maximum Gasteiger partial charge on any atom is 0.326 e. The number of nitrogens with zero attached hydrogens (tertiary/aromatic N) is 3. The summed E-state index contributed by atoms with van der Waals surface area (Å²) in [5.41, 5.74) is 0.215. The Kier molecular flexibility index (Phi) is 6.68. The molecule has 2 rings (SSSR count). The molecule has 1 N–H and O–H groups in total. The number of carboxylic acids is 1. The Balaban J connectivity index is 2.26. The Bertz CT molecular complexity index is 703. The SMILES string of the molecule is CC(C)CC(CCC(=O)OC(C)(C)C)N1c2nc(Cl)ncc2CC1C(=O)O. The van der Waals surface area contributed by atoms with Crippen molar-refractivity contribution in [2.45, 2.75) is 78.0 Å². The molecule has 1 aromatic rings. The fourth-order valence-corrected chi connectivity index (χ4v) is 3.55. The predicted molar refractivity (Wildman–Crippen MR) is 103 cm³/mol. The Morgan fingerprint density at radius 2 is 2.07 bits per heavy atom. The monoisotopic (exact) mass is 397 g/mol. The van der Waals surface area contributed by atoms with Crippen LogP contribution in [0.15, 0.2) is 6.20 Å². The van der Waals surface area contributed by atoms with Crippen LogP contribution in [0.2, 0.25) is 5.28 Å². The van der Waals surface area contributed by atoms with Crippen molar-refractivity contribution in [1.82, 2.24) is 9.97 Å². The highest BCUT2D eigenvalue weighted by Crippen LogP contribution is 2.35. The third kappa shape index (κ3) is 5.79. The molecule has 1 aliphatic rings. The average molecular weight is 398 g/mol. The third-order valence-electron chi connectivity index (χ3n) is 4.33. The average Bonchev–Trinajstić information content (AvgIpc) is 2.88. The maximum absolute atomic E-state index is 12.2. The van der Waals surface area contributed by atoms with Crippen molar-refractivity contribution in [1.29, 1.82) is 0 Å². The topological polar surface area (TPSA) is 92.6 Å². The quantitative estimate of drug-likeness (QED) is 0.556. The number of carbonyl (C=O) groups is 2. The van der Waals surface area contributed by atoms with Gasteiger partial charge in [0.1, 0.15) is 17.5 Å². The number of aliphatic carboxylic acids is 1. The first-order valence-corrected chi connectivity index (χ1v) is 9.60. The number of aromatic nitrogens is 2. The second-order valence-corrected chi connectivity index (χ2v) is 8.70. The molecule has 8 heteroatoms. The number of esters is 1. The van der Waals surface area contributed by atoms with Crippen LogP contribution in [0.3, 0.4) is 0 Å². The zero-order valence-corrected chi connectivity index (χ0v) is 17.3. The van der Waals surface area contributed by atoms with E-state index in [0.29, 0.717) is 24.6 Å². The highest BCUT2D eigenvalue weighted by Gasteiger charge is 2.40. The molecule has 2 atom stereocenters. The largest absolute Gasteiger partial charge is 0.480 e. The molecule has 0 fully saturated rings. The number of anilines is 1. The molecule has 27 heavy (non-hydrogen) atoms. The fourth-order valence-electron chi connectivity index (χ4n) is 3.42. The molecule has 0 aromatic carbocycles. The van der Waals surface area contributed by atoms with Gasteiger partial charge in [-0.15, -0.1) is 0 Å². The van der Waals surface area contributed by atoms with Gasteiger partial charge in [0.2, 0.25) is 5.28 Å². The van der Waals surface area contributed by atoms with Gasteiger partial charge in [-0.2, -0.15) is 0 Å². The van der Waals surface area contributed by atoms with E-state index in [1.165, 1.54) is 0 Å². The summed E-state index contributed by atoms with van der Waals surface area (Å²) in [6.07, 6.45) is 3.33. The van der Waals surface area contributed by atoms with E-state index in [2.05, 4.69) is 23.8 Å². The smallest absolute Gasteiger partial charge is 0.326 e. The van der Waals surface area contributed by atoms with Gasteiger partial charge in [-0.05, 0) is 51.1 Å². The van der Waals surface area contributed by atoms with E-state index in [9.17, 15) is 14.7 Å². The van der Waals surface area contributed by atoms with Gasteiger partial charge in [0.25, 0.3) is 0 Å². The maximum atomic E-state index is 12.2. The Morgan fingerprint density at radius 1 is 1.41 bits per heavy atom. The van der Waals surface area contributed by atoms with Crippen LogP contribution in [0.5, 0.6) is 0 Å². The van der Waals surface area contributed by atoms with Crippen molar-refractivity contribution in [3.05, 3.63) is 17.0 Å². The lowest BCUT2D eigenvalue weighted by Crippen LogP contribution is -2.46. The number of rotatable bonds is 7. The van der Waals surface area contributed by atoms with Gasteiger partial charge in [-0.1, -0.05) is 13.8 Å². The van der Waals surface area contributed by atoms with Gasteiger partial charge >= 0.3 is 11.9 Å². The molecule has 0 bridgehead atoms. The molecule has 0 radical (unpaired) electrons. The Morgan fingerprint density at radius 3 is 2.63 bits per heavy atom. The molecule has 1 aromatic heterocycles. The van der Waals surface area contributed by atoms with Crippen molar-refractivity contribution in [2.75, 3.05) is 4.90 Å². The van der Waals surface area contributed by atoms with Gasteiger partial charge in [-0.3, -0.25) is 4.79 Å². The van der Waals surface area contributed by atoms with Gasteiger partial charge in [-0.25, -0.2) is 14.8 Å². The Hall–Kier alpha value is -1.89. The number of carbonyl (C=O) groups excluding carboxylic acids is 1. The summed E-state index contributed by atoms with van der Waals surface area (Å²) in [7, 11) is 0. The van der Waals surface area contributed by atoms with E-state index < -0.39 is 17.6 Å². The van der Waals surface area contributed by atoms with Crippen molar-refractivity contribution in [2.24, 2.45) is 5.92 Å². The normalized spacial score (nSPS) is 17.7. The molecule has 0 saturated carbocycles. The highest BCUT2D eigenvalue weighted by atomic mass is 35.5. The lowest BCUT2D eigenvalue weighted by atomic mass is 9.97. The first-order valence-electron chi connectivity index (χ1n) is 9.22. The second-order valence-electron chi connectivity index (χ2n) is 8.36. The van der Waals surface area contributed by atoms with Gasteiger partial charge < -0.3 is 14.7 Å². The number of ether oxygens (including phenoxy) is 1. The summed E-state index contributed by atoms with van der Waals surface area (Å²) in [5, 5.41) is 9.81. The van der Waals surface area contributed by atoms with Crippen LogP contribution in [0.4, 0.5) is 5.82 Å². The van der Waals surface area contributed by atoms with Gasteiger partial charge in [0, 0.05) is 30.6 Å². The molecule has 1 aliphatic heterocycles. The van der Waals surface area contributed by atoms with Crippen LogP contribution in [0.1, 0.15) is 59.4 Å². The lowest BCUT2D eigenvalue weighted by Gasteiger charge is -2.34. The number of carboxylic acid groups (broad SMARTS) is 1. The number of hydrogen-bond acceptors (Lipinski definition) is 6. The van der Waals surface area contributed by atoms with Crippen LogP contribution in [0.25, 0.3) is 0 Å². The summed E-state index contributed by atoms with van der Waals surface area (Å²) in [5.74, 6) is -0.333. The summed E-state index contributed by atoms with van der Waals surface area (Å²) in [6.45, 7) is 9.62. The zero-order valence-electron chi connectivity index (χ0n) is 16.5. The minimum absolute atomic E-state index is 0.0835. The first-order chi connectivity index (χ1) is 12.5. The van der Waals surface area contributed by atoms with E-state index in [4.69, 9.17) is 16.3 Å². The van der Waals surface area contributed by atoms with E-state index in [1.54, 1.807) is 11.1 Å². The van der Waals surface area contributed by atoms with Crippen LogP contribution < -0.4 is 4.90 Å². The Labute approximate surface area is 165 Å². The van der Waals surface area contributed by atoms with Crippen molar-refractivity contribution < 1.29 is 19.4 Å². The minimum Gasteiger partial charge on any atom is -0.480 e. The van der Waals surface area contributed by atoms with Gasteiger partial charge in [0.15, 0.2) is 0 Å². The molecular weight excluding hydrogens is 370 g/mol. The second kappa shape index (κ2) is 8.42. The first kappa shape index (κ1) is 21.4. The van der Waals surface area contributed by atoms with Crippen LogP contribution in [-0.4, -0.2) is 44.7 Å². The number of fused-ring (bicyclic) bond motifs is 1. The van der Waals surface area contributed by atoms with Crippen molar-refractivity contribution in [3.8, 4) is 0 Å². The van der Waals surface area contributed by atoms with Crippen molar-refractivity contribution >= 4 is 29.4 Å². The standard InChI is InChI=1S/C19H28ClN3O4/c1-11(2)8-13(6-7-15(24)27-19(3,4)5)23-14(17(25)26)9-12-10-21-18(20)22-16(12)23/h10-11,13-14H,6-9H2,1-5H3,(H,25,26). The van der Waals surface area contributed by atoms with E-state index >= 15 is 0 Å². The summed E-state index contributed by atoms with van der Waals surface area (Å²) >= 11 is 5.96. The van der Waals surface area contributed by atoms with Gasteiger partial charge in [0.05, 0.1) is 0 Å². The molecule has 2 unspecified atom stereocenters. The predicted octanol–water partition coefficient (Wildman–Crippen LogP) is 3.48. The van der Waals surface area contributed by atoms with Crippen LogP contribution in [0, 0.1) is 5.92 Å². The van der Waals surface area contributed by atoms with Crippen molar-refractivity contribution in [3.63, 3.8) is 0 Å². The van der Waals surface area contributed by atoms with Crippen LogP contribution in [-0.2, 0) is 20.7 Å². The summed E-state index contributed by atoms with van der Waals surface area (Å²) in [4.78, 5) is 34.1. The lowest BCUT2D eigenvalue weighted by molar-refractivity contribution is -0.155. The molecule has 0 amide bonds. The summed E-state index contributed by atoms with van der Waals surface area (Å²) in [6, 6.07) is -0.902. The minimum atomic E-state index is -0.921.